The molecule has 0 saturated carbocycles. The van der Waals surface area contributed by atoms with E-state index in [0.717, 1.165) is 23.4 Å². The standard InChI is InChI=1S/C25H25F3N6O3S/c1-16-10-19(25(26,27)28)12-23(31-16)33-6-8-34(9-7-33)38(36,37)21-4-2-20(3-5-21)32-24(35)18-11-17-13-29-15-22(17)30-14-18/h2-5,10-12,14,29H,6-9,13,15H2,1H3,(H,32,35). The van der Waals surface area contributed by atoms with Gasteiger partial charge in [-0.05, 0) is 55.0 Å². The molecule has 0 spiro atoms. The third kappa shape index (κ3) is 5.35. The summed E-state index contributed by atoms with van der Waals surface area (Å²) in [6, 6.07) is 9.61. The molecule has 2 aliphatic heterocycles. The second kappa shape index (κ2) is 9.97. The molecule has 13 heteroatoms. The molecule has 2 N–H and O–H groups in total. The van der Waals surface area contributed by atoms with Gasteiger partial charge in [0.25, 0.3) is 5.91 Å². The Hall–Kier alpha value is -3.55. The molecule has 9 nitrogen and oxygen atoms in total. The number of benzene rings is 1. The first-order valence-electron chi connectivity index (χ1n) is 11.9. The number of piperazine rings is 1. The van der Waals surface area contributed by atoms with Crippen molar-refractivity contribution in [2.45, 2.75) is 31.1 Å². The highest BCUT2D eigenvalue weighted by Crippen LogP contribution is 2.32. The third-order valence-electron chi connectivity index (χ3n) is 6.51. The Balaban J connectivity index is 1.23. The maximum absolute atomic E-state index is 13.2. The van der Waals surface area contributed by atoms with Gasteiger partial charge in [-0.3, -0.25) is 9.78 Å². The number of alkyl halides is 3. The van der Waals surface area contributed by atoms with Crippen LogP contribution in [0.5, 0.6) is 0 Å². The average molecular weight is 547 g/mol. The number of fused-ring (bicyclic) bond motifs is 1. The number of rotatable bonds is 5. The number of carbonyl (C=O) groups excluding carboxylic acids is 1. The molecule has 2 aromatic heterocycles. The van der Waals surface area contributed by atoms with E-state index < -0.39 is 21.8 Å². The van der Waals surface area contributed by atoms with Crippen molar-refractivity contribution in [3.05, 3.63) is 76.7 Å². The highest BCUT2D eigenvalue weighted by Gasteiger charge is 2.33. The van der Waals surface area contributed by atoms with Crippen LogP contribution in [0.25, 0.3) is 0 Å². The monoisotopic (exact) mass is 546 g/mol. The van der Waals surface area contributed by atoms with Crippen LogP contribution < -0.4 is 15.5 Å². The summed E-state index contributed by atoms with van der Waals surface area (Å²) in [5.74, 6) is -0.179. The van der Waals surface area contributed by atoms with Crippen LogP contribution in [0.4, 0.5) is 24.7 Å². The molecule has 2 aliphatic rings. The zero-order chi connectivity index (χ0) is 27.1. The summed E-state index contributed by atoms with van der Waals surface area (Å²) >= 11 is 0. The number of pyridine rings is 2. The van der Waals surface area contributed by atoms with Crippen molar-refractivity contribution in [1.82, 2.24) is 19.6 Å². The molecule has 0 aliphatic carbocycles. The van der Waals surface area contributed by atoms with Gasteiger partial charge in [-0.25, -0.2) is 13.4 Å². The van der Waals surface area contributed by atoms with Gasteiger partial charge in [-0.1, -0.05) is 0 Å². The molecule has 0 unspecified atom stereocenters. The first-order chi connectivity index (χ1) is 18.0. The lowest BCUT2D eigenvalue weighted by atomic mass is 10.1. The average Bonchev–Trinajstić information content (AvgIpc) is 3.36. The number of halogens is 3. The minimum Gasteiger partial charge on any atom is -0.354 e. The molecule has 0 bridgehead atoms. The SMILES string of the molecule is Cc1cc(C(F)(F)F)cc(N2CCN(S(=O)(=O)c3ccc(NC(=O)c4cnc5c(c4)CNC5)cc3)CC2)n1. The second-order valence-corrected chi connectivity index (χ2v) is 11.1. The van der Waals surface area contributed by atoms with Gasteiger partial charge in [0, 0.05) is 56.8 Å². The number of aromatic nitrogens is 2. The fourth-order valence-corrected chi connectivity index (χ4v) is 5.91. The molecule has 38 heavy (non-hydrogen) atoms. The molecule has 4 heterocycles. The number of nitrogens with zero attached hydrogens (tertiary/aromatic N) is 4. The third-order valence-corrected chi connectivity index (χ3v) is 8.42. The van der Waals surface area contributed by atoms with Crippen molar-refractivity contribution in [2.75, 3.05) is 36.4 Å². The van der Waals surface area contributed by atoms with Crippen molar-refractivity contribution < 1.29 is 26.4 Å². The quantitative estimate of drug-likeness (QED) is 0.506. The van der Waals surface area contributed by atoms with Crippen LogP contribution in [-0.2, 0) is 29.3 Å². The Morgan fingerprint density at radius 2 is 1.74 bits per heavy atom. The maximum Gasteiger partial charge on any atom is 0.416 e. The Bertz CT molecular complexity index is 1470. The van der Waals surface area contributed by atoms with Gasteiger partial charge in [0.05, 0.1) is 21.7 Å². The Labute approximate surface area is 217 Å². The van der Waals surface area contributed by atoms with Gasteiger partial charge >= 0.3 is 6.18 Å². The molecule has 0 atom stereocenters. The number of hydrogen-bond acceptors (Lipinski definition) is 7. The predicted molar refractivity (Wildman–Crippen MR) is 134 cm³/mol. The Morgan fingerprint density at radius 3 is 2.42 bits per heavy atom. The van der Waals surface area contributed by atoms with Gasteiger partial charge in [0.2, 0.25) is 10.0 Å². The van der Waals surface area contributed by atoms with E-state index in [9.17, 15) is 26.4 Å². The first-order valence-corrected chi connectivity index (χ1v) is 13.4. The van der Waals surface area contributed by atoms with Crippen LogP contribution in [0, 0.1) is 6.92 Å². The number of aryl methyl sites for hydroxylation is 1. The van der Waals surface area contributed by atoms with Crippen LogP contribution >= 0.6 is 0 Å². The summed E-state index contributed by atoms with van der Waals surface area (Å²) in [6.07, 6.45) is -2.98. The number of hydrogen-bond donors (Lipinski definition) is 2. The molecule has 1 amide bonds. The number of carbonyl (C=O) groups is 1. The lowest BCUT2D eigenvalue weighted by Gasteiger charge is -2.35. The van der Waals surface area contributed by atoms with E-state index in [1.165, 1.54) is 41.7 Å². The molecule has 1 aromatic carbocycles. The van der Waals surface area contributed by atoms with E-state index >= 15 is 0 Å². The molecular weight excluding hydrogens is 521 g/mol. The van der Waals surface area contributed by atoms with Gasteiger partial charge in [-0.15, -0.1) is 0 Å². The van der Waals surface area contributed by atoms with Gasteiger partial charge in [0.15, 0.2) is 0 Å². The second-order valence-electron chi connectivity index (χ2n) is 9.16. The highest BCUT2D eigenvalue weighted by atomic mass is 32.2. The summed E-state index contributed by atoms with van der Waals surface area (Å²) < 4.78 is 67.2. The number of nitrogens with one attached hydrogen (secondary N) is 2. The maximum atomic E-state index is 13.2. The number of amides is 1. The summed E-state index contributed by atoms with van der Waals surface area (Å²) in [6.45, 7) is 3.41. The largest absolute Gasteiger partial charge is 0.416 e. The summed E-state index contributed by atoms with van der Waals surface area (Å²) in [5.41, 5.74) is 2.18. The van der Waals surface area contributed by atoms with Crippen LogP contribution in [0.15, 0.2) is 53.6 Å². The fourth-order valence-electron chi connectivity index (χ4n) is 4.49. The molecule has 3 aromatic rings. The van der Waals surface area contributed by atoms with Gasteiger partial charge in [0.1, 0.15) is 5.82 Å². The van der Waals surface area contributed by atoms with Crippen LogP contribution in [0.1, 0.15) is 32.9 Å². The Morgan fingerprint density at radius 1 is 1.03 bits per heavy atom. The fraction of sp³-hybridized carbons (Fsp3) is 0.320. The van der Waals surface area contributed by atoms with Crippen LogP contribution in [-0.4, -0.2) is 54.8 Å². The molecule has 1 fully saturated rings. The summed E-state index contributed by atoms with van der Waals surface area (Å²) in [5, 5.41) is 5.92. The van der Waals surface area contributed by atoms with E-state index in [2.05, 4.69) is 20.6 Å². The van der Waals surface area contributed by atoms with E-state index in [1.54, 1.807) is 11.0 Å². The van der Waals surface area contributed by atoms with E-state index in [4.69, 9.17) is 0 Å². The molecule has 5 rings (SSSR count). The zero-order valence-electron chi connectivity index (χ0n) is 20.4. The minimum atomic E-state index is -4.49. The number of sulfonamides is 1. The molecule has 1 saturated heterocycles. The van der Waals surface area contributed by atoms with E-state index in [1.807, 2.05) is 0 Å². The lowest BCUT2D eigenvalue weighted by Crippen LogP contribution is -2.49. The van der Waals surface area contributed by atoms with Crippen LogP contribution in [0.2, 0.25) is 0 Å². The van der Waals surface area contributed by atoms with Crippen molar-refractivity contribution in [3.8, 4) is 0 Å². The molecular formula is C25H25F3N6O3S. The van der Waals surface area contributed by atoms with Crippen LogP contribution in [0.3, 0.4) is 0 Å². The van der Waals surface area contributed by atoms with Crippen molar-refractivity contribution in [1.29, 1.82) is 0 Å². The van der Waals surface area contributed by atoms with Crippen molar-refractivity contribution in [3.63, 3.8) is 0 Å². The zero-order valence-corrected chi connectivity index (χ0v) is 21.2. The van der Waals surface area contributed by atoms with Gasteiger partial charge in [-0.2, -0.15) is 17.5 Å². The molecule has 0 radical (unpaired) electrons. The summed E-state index contributed by atoms with van der Waals surface area (Å²) in [4.78, 5) is 22.8. The highest BCUT2D eigenvalue weighted by molar-refractivity contribution is 7.89. The number of anilines is 2. The smallest absolute Gasteiger partial charge is 0.354 e. The topological polar surface area (TPSA) is 108 Å². The summed E-state index contributed by atoms with van der Waals surface area (Å²) in [7, 11) is -3.83. The van der Waals surface area contributed by atoms with Crippen molar-refractivity contribution >= 4 is 27.4 Å². The van der Waals surface area contributed by atoms with E-state index in [0.29, 0.717) is 24.3 Å². The molecule has 200 valence electrons. The Kier molecular flexibility index (Phi) is 6.84. The van der Waals surface area contributed by atoms with Crippen molar-refractivity contribution in [2.24, 2.45) is 0 Å². The van der Waals surface area contributed by atoms with Gasteiger partial charge < -0.3 is 15.5 Å². The first kappa shape index (κ1) is 26.1. The van der Waals surface area contributed by atoms with E-state index in [-0.39, 0.29) is 48.5 Å². The predicted octanol–water partition coefficient (Wildman–Crippen LogP) is 3.17. The minimum absolute atomic E-state index is 0.0576. The normalized spacial score (nSPS) is 16.4. The lowest BCUT2D eigenvalue weighted by molar-refractivity contribution is -0.137.